The van der Waals surface area contributed by atoms with Crippen LogP contribution in [0, 0.1) is 0 Å². The number of nitrogen functional groups attached to an aromatic ring is 2. The van der Waals surface area contributed by atoms with Crippen LogP contribution < -0.4 is 21.7 Å². The van der Waals surface area contributed by atoms with Crippen molar-refractivity contribution in [2.45, 2.75) is 0 Å². The Morgan fingerprint density at radius 2 is 2.00 bits per heavy atom. The Kier molecular flexibility index (Phi) is 2.45. The van der Waals surface area contributed by atoms with Gasteiger partial charge in [0.05, 0.1) is 11.4 Å². The first kappa shape index (κ1) is 11.3. The fraction of sp³-hybridized carbons (Fsp3) is 0.0833. The molecule has 0 unspecified atom stereocenters. The summed E-state index contributed by atoms with van der Waals surface area (Å²) < 4.78 is 0. The second kappa shape index (κ2) is 4.13. The van der Waals surface area contributed by atoms with Crippen LogP contribution in [0.1, 0.15) is 0 Å². The molecule has 0 saturated carbocycles. The zero-order chi connectivity index (χ0) is 13.4. The molecule has 19 heavy (non-hydrogen) atoms. The van der Waals surface area contributed by atoms with Gasteiger partial charge < -0.3 is 21.7 Å². The minimum Gasteiger partial charge on any atom is -0.383 e. The molecule has 7 heteroatoms. The minimum atomic E-state index is -0.116. The van der Waals surface area contributed by atoms with E-state index in [0.717, 1.165) is 11.4 Å². The Hall–Kier alpha value is -2.83. The average Bonchev–Trinajstić information content (AvgIpc) is 2.36. The van der Waals surface area contributed by atoms with Crippen LogP contribution in [-0.4, -0.2) is 22.4 Å². The molecule has 1 aliphatic rings. The maximum atomic E-state index is 11.7. The van der Waals surface area contributed by atoms with E-state index in [9.17, 15) is 4.79 Å². The van der Waals surface area contributed by atoms with E-state index in [-0.39, 0.29) is 24.2 Å². The van der Waals surface area contributed by atoms with Crippen molar-refractivity contribution < 1.29 is 4.79 Å². The number of carbonyl (C=O) groups is 1. The number of rotatable bonds is 1. The van der Waals surface area contributed by atoms with E-state index in [4.69, 9.17) is 11.5 Å². The van der Waals surface area contributed by atoms with Crippen LogP contribution >= 0.6 is 0 Å². The summed E-state index contributed by atoms with van der Waals surface area (Å²) >= 11 is 0. The summed E-state index contributed by atoms with van der Waals surface area (Å²) in [7, 11) is 0. The summed E-state index contributed by atoms with van der Waals surface area (Å²) in [5.74, 6) is 0.742. The Morgan fingerprint density at radius 1 is 1.21 bits per heavy atom. The molecule has 0 spiro atoms. The summed E-state index contributed by atoms with van der Waals surface area (Å²) in [5, 5.41) is 2.80. The number of aromatic nitrogens is 2. The monoisotopic (exact) mass is 256 g/mol. The van der Waals surface area contributed by atoms with E-state index >= 15 is 0 Å². The Morgan fingerprint density at radius 3 is 2.79 bits per heavy atom. The number of nitrogens with one attached hydrogen (secondary N) is 1. The Bertz CT molecular complexity index is 636. The van der Waals surface area contributed by atoms with Gasteiger partial charge in [0.15, 0.2) is 0 Å². The average molecular weight is 256 g/mol. The van der Waals surface area contributed by atoms with Gasteiger partial charge in [-0.25, -0.2) is 0 Å². The van der Waals surface area contributed by atoms with Gasteiger partial charge in [-0.2, -0.15) is 9.97 Å². The number of para-hydroxylation sites is 2. The summed E-state index contributed by atoms with van der Waals surface area (Å²) in [4.78, 5) is 21.4. The number of fused-ring (bicyclic) bond motifs is 1. The van der Waals surface area contributed by atoms with E-state index in [2.05, 4.69) is 15.3 Å². The SMILES string of the molecule is Nc1cc(N2CC(=O)Nc3ccccc32)nc(N)n1. The molecule has 0 fully saturated rings. The van der Waals surface area contributed by atoms with Crippen molar-refractivity contribution in [3.63, 3.8) is 0 Å². The highest BCUT2D eigenvalue weighted by Crippen LogP contribution is 2.34. The molecule has 2 heterocycles. The molecule has 3 rings (SSSR count). The lowest BCUT2D eigenvalue weighted by molar-refractivity contribution is -0.115. The second-order valence-electron chi connectivity index (χ2n) is 4.16. The van der Waals surface area contributed by atoms with Gasteiger partial charge in [-0.1, -0.05) is 12.1 Å². The van der Waals surface area contributed by atoms with E-state index in [1.54, 1.807) is 11.0 Å². The molecule has 5 N–H and O–H groups in total. The standard InChI is InChI=1S/C12H12N6O/c13-9-5-10(17-12(14)16-9)18-6-11(19)15-7-3-1-2-4-8(7)18/h1-5H,6H2,(H,15,19)(H4,13,14,16,17). The molecular weight excluding hydrogens is 244 g/mol. The van der Waals surface area contributed by atoms with Crippen molar-refractivity contribution in [1.29, 1.82) is 0 Å². The molecule has 2 aromatic rings. The molecule has 1 aromatic heterocycles. The van der Waals surface area contributed by atoms with Crippen LogP contribution in [0.2, 0.25) is 0 Å². The largest absolute Gasteiger partial charge is 0.383 e. The molecule has 1 aliphatic heterocycles. The lowest BCUT2D eigenvalue weighted by Gasteiger charge is -2.30. The third-order valence-corrected chi connectivity index (χ3v) is 2.80. The van der Waals surface area contributed by atoms with Crippen molar-refractivity contribution in [2.75, 3.05) is 28.2 Å². The van der Waals surface area contributed by atoms with Gasteiger partial charge >= 0.3 is 0 Å². The minimum absolute atomic E-state index is 0.0819. The van der Waals surface area contributed by atoms with Crippen molar-refractivity contribution in [1.82, 2.24) is 9.97 Å². The number of benzene rings is 1. The number of anilines is 5. The van der Waals surface area contributed by atoms with Crippen molar-refractivity contribution >= 4 is 34.9 Å². The molecule has 0 atom stereocenters. The Labute approximate surface area is 109 Å². The maximum absolute atomic E-state index is 11.7. The van der Waals surface area contributed by atoms with Gasteiger partial charge in [0.25, 0.3) is 0 Å². The molecular formula is C12H12N6O. The van der Waals surface area contributed by atoms with Crippen LogP contribution in [0.3, 0.4) is 0 Å². The van der Waals surface area contributed by atoms with E-state index in [1.807, 2.05) is 24.3 Å². The third kappa shape index (κ3) is 2.01. The van der Waals surface area contributed by atoms with Crippen molar-refractivity contribution in [2.24, 2.45) is 0 Å². The summed E-state index contributed by atoms with van der Waals surface area (Å²) in [6.45, 7) is 0.160. The number of amides is 1. The van der Waals surface area contributed by atoms with Crippen LogP contribution in [0.5, 0.6) is 0 Å². The molecule has 0 saturated heterocycles. The quantitative estimate of drug-likeness (QED) is 0.693. The number of carbonyl (C=O) groups excluding carboxylic acids is 1. The van der Waals surface area contributed by atoms with E-state index < -0.39 is 0 Å². The highest BCUT2D eigenvalue weighted by atomic mass is 16.2. The zero-order valence-corrected chi connectivity index (χ0v) is 10.00. The number of hydrogen-bond acceptors (Lipinski definition) is 6. The van der Waals surface area contributed by atoms with Gasteiger partial charge in [0.1, 0.15) is 18.2 Å². The molecule has 96 valence electrons. The summed E-state index contributed by atoms with van der Waals surface area (Å²) in [5.41, 5.74) is 12.8. The molecule has 0 aliphatic carbocycles. The van der Waals surface area contributed by atoms with E-state index in [1.165, 1.54) is 0 Å². The first-order chi connectivity index (χ1) is 9.13. The molecule has 1 amide bonds. The van der Waals surface area contributed by atoms with E-state index in [0.29, 0.717) is 5.82 Å². The summed E-state index contributed by atoms with van der Waals surface area (Å²) in [6, 6.07) is 9.05. The van der Waals surface area contributed by atoms with Gasteiger partial charge in [-0.05, 0) is 12.1 Å². The Balaban J connectivity index is 2.12. The first-order valence-corrected chi connectivity index (χ1v) is 5.70. The highest BCUT2D eigenvalue weighted by molar-refractivity contribution is 6.02. The zero-order valence-electron chi connectivity index (χ0n) is 10.00. The number of hydrogen-bond donors (Lipinski definition) is 3. The summed E-state index contributed by atoms with van der Waals surface area (Å²) in [6.07, 6.45) is 0. The smallest absolute Gasteiger partial charge is 0.244 e. The topological polar surface area (TPSA) is 110 Å². The molecule has 0 radical (unpaired) electrons. The van der Waals surface area contributed by atoms with Crippen molar-refractivity contribution in [3.05, 3.63) is 30.3 Å². The molecule has 0 bridgehead atoms. The first-order valence-electron chi connectivity index (χ1n) is 5.70. The second-order valence-corrected chi connectivity index (χ2v) is 4.16. The number of nitrogens with zero attached hydrogens (tertiary/aromatic N) is 3. The lowest BCUT2D eigenvalue weighted by Crippen LogP contribution is -2.35. The molecule has 7 nitrogen and oxygen atoms in total. The maximum Gasteiger partial charge on any atom is 0.244 e. The van der Waals surface area contributed by atoms with Gasteiger partial charge in [-0.3, -0.25) is 4.79 Å². The molecule has 1 aromatic carbocycles. The predicted octanol–water partition coefficient (Wildman–Crippen LogP) is 0.731. The van der Waals surface area contributed by atoms with Gasteiger partial charge in [0, 0.05) is 6.07 Å². The number of nitrogens with two attached hydrogens (primary N) is 2. The fourth-order valence-electron chi connectivity index (χ4n) is 2.05. The van der Waals surface area contributed by atoms with Crippen LogP contribution in [0.25, 0.3) is 0 Å². The third-order valence-electron chi connectivity index (χ3n) is 2.80. The fourth-order valence-corrected chi connectivity index (χ4v) is 2.05. The van der Waals surface area contributed by atoms with Crippen LogP contribution in [-0.2, 0) is 4.79 Å². The van der Waals surface area contributed by atoms with Crippen LogP contribution in [0.15, 0.2) is 30.3 Å². The van der Waals surface area contributed by atoms with Gasteiger partial charge in [-0.15, -0.1) is 0 Å². The normalized spacial score (nSPS) is 13.9. The highest BCUT2D eigenvalue weighted by Gasteiger charge is 2.24. The van der Waals surface area contributed by atoms with Crippen LogP contribution in [0.4, 0.5) is 29.0 Å². The van der Waals surface area contributed by atoms with Gasteiger partial charge in [0.2, 0.25) is 11.9 Å². The lowest BCUT2D eigenvalue weighted by atomic mass is 10.2. The predicted molar refractivity (Wildman–Crippen MR) is 72.9 cm³/mol. The van der Waals surface area contributed by atoms with Crippen molar-refractivity contribution in [3.8, 4) is 0 Å².